The van der Waals surface area contributed by atoms with Crippen molar-refractivity contribution < 1.29 is 0 Å². The first kappa shape index (κ1) is 14.0. The van der Waals surface area contributed by atoms with Crippen molar-refractivity contribution >= 4 is 23.4 Å². The maximum Gasteiger partial charge on any atom is 0.226 e. The number of nitrogens with zero attached hydrogens (tertiary/aromatic N) is 3. The summed E-state index contributed by atoms with van der Waals surface area (Å²) < 4.78 is 0. The first-order chi connectivity index (χ1) is 8.13. The lowest BCUT2D eigenvalue weighted by Gasteiger charge is -2.12. The second-order valence-electron chi connectivity index (χ2n) is 4.46. The van der Waals surface area contributed by atoms with E-state index >= 15 is 0 Å². The van der Waals surface area contributed by atoms with Gasteiger partial charge in [-0.2, -0.15) is 4.98 Å². The predicted octanol–water partition coefficient (Wildman–Crippen LogP) is 2.61. The van der Waals surface area contributed by atoms with Crippen LogP contribution in [0.4, 0.5) is 11.8 Å². The Hall–Kier alpha value is -1.03. The van der Waals surface area contributed by atoms with Crippen LogP contribution in [-0.4, -0.2) is 36.5 Å². The summed E-state index contributed by atoms with van der Waals surface area (Å²) in [6.45, 7) is 3.09. The molecule has 5 heteroatoms. The molecular formula is C12H21ClN4. The first-order valence-electron chi connectivity index (χ1n) is 5.93. The smallest absolute Gasteiger partial charge is 0.226 e. The molecule has 96 valence electrons. The molecule has 0 saturated heterocycles. The summed E-state index contributed by atoms with van der Waals surface area (Å²) in [5, 5.41) is 3.30. The van der Waals surface area contributed by atoms with Crippen LogP contribution in [0.1, 0.15) is 19.8 Å². The van der Waals surface area contributed by atoms with Crippen molar-refractivity contribution in [1.29, 1.82) is 0 Å². The Morgan fingerprint density at radius 1 is 1.47 bits per heavy atom. The molecule has 1 unspecified atom stereocenters. The molecule has 0 radical (unpaired) electrons. The molecule has 1 rings (SSSR count). The third kappa shape index (κ3) is 5.22. The van der Waals surface area contributed by atoms with E-state index in [4.69, 9.17) is 11.6 Å². The van der Waals surface area contributed by atoms with Gasteiger partial charge < -0.3 is 10.2 Å². The standard InChI is InChI=1S/C12H21ClN4/c1-10(9-13)5-4-7-14-11-6-8-15-12(16-11)17(2)3/h6,8,10H,4-5,7,9H2,1-3H3,(H,14,15,16). The summed E-state index contributed by atoms with van der Waals surface area (Å²) in [5.74, 6) is 2.92. The van der Waals surface area contributed by atoms with Gasteiger partial charge in [-0.25, -0.2) is 4.98 Å². The summed E-state index contributed by atoms with van der Waals surface area (Å²) in [6, 6.07) is 1.89. The van der Waals surface area contributed by atoms with Crippen LogP contribution in [0.15, 0.2) is 12.3 Å². The van der Waals surface area contributed by atoms with Crippen molar-refractivity contribution in [3.63, 3.8) is 0 Å². The lowest BCUT2D eigenvalue weighted by atomic mass is 10.1. The Balaban J connectivity index is 2.34. The minimum absolute atomic E-state index is 0.584. The Morgan fingerprint density at radius 3 is 2.88 bits per heavy atom. The first-order valence-corrected chi connectivity index (χ1v) is 6.47. The molecular weight excluding hydrogens is 236 g/mol. The average Bonchev–Trinajstić information content (AvgIpc) is 2.34. The van der Waals surface area contributed by atoms with Crippen molar-refractivity contribution in [2.45, 2.75) is 19.8 Å². The number of alkyl halides is 1. The molecule has 0 aliphatic rings. The van der Waals surface area contributed by atoms with E-state index in [1.54, 1.807) is 6.20 Å². The van der Waals surface area contributed by atoms with Gasteiger partial charge in [0.05, 0.1) is 0 Å². The van der Waals surface area contributed by atoms with Gasteiger partial charge in [-0.3, -0.25) is 0 Å². The van der Waals surface area contributed by atoms with Gasteiger partial charge in [0.2, 0.25) is 5.95 Å². The van der Waals surface area contributed by atoms with Crippen LogP contribution in [-0.2, 0) is 0 Å². The molecule has 17 heavy (non-hydrogen) atoms. The van der Waals surface area contributed by atoms with E-state index < -0.39 is 0 Å². The molecule has 1 N–H and O–H groups in total. The molecule has 0 bridgehead atoms. The normalized spacial score (nSPS) is 12.2. The van der Waals surface area contributed by atoms with Gasteiger partial charge in [-0.15, -0.1) is 11.6 Å². The van der Waals surface area contributed by atoms with Crippen LogP contribution >= 0.6 is 11.6 Å². The van der Waals surface area contributed by atoms with Gasteiger partial charge in [0.15, 0.2) is 0 Å². The van der Waals surface area contributed by atoms with Crippen LogP contribution in [0.3, 0.4) is 0 Å². The molecule has 0 amide bonds. The lowest BCUT2D eigenvalue weighted by molar-refractivity contribution is 0.572. The number of halogens is 1. The SMILES string of the molecule is CC(CCl)CCCNc1ccnc(N(C)C)n1. The number of anilines is 2. The van der Waals surface area contributed by atoms with Gasteiger partial charge in [0, 0.05) is 32.7 Å². The van der Waals surface area contributed by atoms with Crippen molar-refractivity contribution in [1.82, 2.24) is 9.97 Å². The van der Waals surface area contributed by atoms with E-state index in [9.17, 15) is 0 Å². The van der Waals surface area contributed by atoms with Gasteiger partial charge in [-0.1, -0.05) is 6.92 Å². The third-order valence-electron chi connectivity index (χ3n) is 2.49. The zero-order chi connectivity index (χ0) is 12.7. The second kappa shape index (κ2) is 7.33. The number of hydrogen-bond acceptors (Lipinski definition) is 4. The van der Waals surface area contributed by atoms with E-state index in [1.807, 2.05) is 25.1 Å². The zero-order valence-corrected chi connectivity index (χ0v) is 11.5. The molecule has 4 nitrogen and oxygen atoms in total. The molecule has 1 aromatic rings. The largest absolute Gasteiger partial charge is 0.370 e. The lowest BCUT2D eigenvalue weighted by Crippen LogP contribution is -2.14. The number of nitrogens with one attached hydrogen (secondary N) is 1. The van der Waals surface area contributed by atoms with E-state index in [0.29, 0.717) is 5.92 Å². The molecule has 1 heterocycles. The van der Waals surface area contributed by atoms with Gasteiger partial charge >= 0.3 is 0 Å². The number of aromatic nitrogens is 2. The predicted molar refractivity (Wildman–Crippen MR) is 74.0 cm³/mol. The number of hydrogen-bond donors (Lipinski definition) is 1. The van der Waals surface area contributed by atoms with Crippen molar-refractivity contribution in [2.75, 3.05) is 36.7 Å². The van der Waals surface area contributed by atoms with Gasteiger partial charge in [0.1, 0.15) is 5.82 Å². The third-order valence-corrected chi connectivity index (χ3v) is 3.01. The van der Waals surface area contributed by atoms with Crippen molar-refractivity contribution in [3.05, 3.63) is 12.3 Å². The van der Waals surface area contributed by atoms with Crippen molar-refractivity contribution in [2.24, 2.45) is 5.92 Å². The monoisotopic (exact) mass is 256 g/mol. The number of rotatable bonds is 7. The summed E-state index contributed by atoms with van der Waals surface area (Å²) in [5.41, 5.74) is 0. The van der Waals surface area contributed by atoms with Crippen molar-refractivity contribution in [3.8, 4) is 0 Å². The molecule has 0 aliphatic carbocycles. The Labute approximate surface area is 108 Å². The fourth-order valence-electron chi connectivity index (χ4n) is 1.41. The van der Waals surface area contributed by atoms with Crippen LogP contribution in [0.5, 0.6) is 0 Å². The molecule has 0 saturated carbocycles. The minimum Gasteiger partial charge on any atom is -0.370 e. The fraction of sp³-hybridized carbons (Fsp3) is 0.667. The Kier molecular flexibility index (Phi) is 6.05. The highest BCUT2D eigenvalue weighted by atomic mass is 35.5. The minimum atomic E-state index is 0.584. The molecule has 0 fully saturated rings. The summed E-state index contributed by atoms with van der Waals surface area (Å²) >= 11 is 5.76. The van der Waals surface area contributed by atoms with Crippen LogP contribution in [0.25, 0.3) is 0 Å². The molecule has 0 spiro atoms. The topological polar surface area (TPSA) is 41.1 Å². The highest BCUT2D eigenvalue weighted by molar-refractivity contribution is 6.18. The van der Waals surface area contributed by atoms with Crippen LogP contribution < -0.4 is 10.2 Å². The Bertz CT molecular complexity index is 330. The highest BCUT2D eigenvalue weighted by Gasteiger charge is 2.02. The summed E-state index contributed by atoms with van der Waals surface area (Å²) in [6.07, 6.45) is 4.02. The van der Waals surface area contributed by atoms with E-state index in [1.165, 1.54) is 0 Å². The molecule has 1 atom stereocenters. The van der Waals surface area contributed by atoms with E-state index in [-0.39, 0.29) is 0 Å². The van der Waals surface area contributed by atoms with Gasteiger partial charge in [0.25, 0.3) is 0 Å². The molecule has 1 aromatic heterocycles. The fourth-order valence-corrected chi connectivity index (χ4v) is 1.56. The average molecular weight is 257 g/mol. The quantitative estimate of drug-likeness (QED) is 0.602. The Morgan fingerprint density at radius 2 is 2.24 bits per heavy atom. The maximum absolute atomic E-state index is 5.76. The second-order valence-corrected chi connectivity index (χ2v) is 4.77. The highest BCUT2D eigenvalue weighted by Crippen LogP contribution is 2.10. The van der Waals surface area contributed by atoms with E-state index in [2.05, 4.69) is 22.2 Å². The molecule has 0 aromatic carbocycles. The van der Waals surface area contributed by atoms with Crippen LogP contribution in [0, 0.1) is 5.92 Å². The summed E-state index contributed by atoms with van der Waals surface area (Å²) in [4.78, 5) is 10.4. The molecule has 0 aliphatic heterocycles. The van der Waals surface area contributed by atoms with Crippen LogP contribution in [0.2, 0.25) is 0 Å². The maximum atomic E-state index is 5.76. The summed E-state index contributed by atoms with van der Waals surface area (Å²) in [7, 11) is 3.86. The van der Waals surface area contributed by atoms with Gasteiger partial charge in [-0.05, 0) is 24.8 Å². The van der Waals surface area contributed by atoms with E-state index in [0.717, 1.165) is 37.0 Å². The zero-order valence-electron chi connectivity index (χ0n) is 10.8.